The summed E-state index contributed by atoms with van der Waals surface area (Å²) in [6.45, 7) is 0.655. The molecule has 1 N–H and O–H groups in total. The lowest BCUT2D eigenvalue weighted by atomic mass is 10.0. The van der Waals surface area contributed by atoms with E-state index >= 15 is 0 Å². The average Bonchev–Trinajstić information content (AvgIpc) is 3.25. The molecule has 0 unspecified atom stereocenters. The highest BCUT2D eigenvalue weighted by Crippen LogP contribution is 2.31. The Balaban J connectivity index is 1.53. The number of nitrogens with one attached hydrogen (secondary N) is 1. The third-order valence-electron chi connectivity index (χ3n) is 3.96. The lowest BCUT2D eigenvalue weighted by Gasteiger charge is -2.18. The molecule has 8 heteroatoms. The van der Waals surface area contributed by atoms with Crippen LogP contribution < -0.4 is 5.32 Å². The molecule has 0 bridgehead atoms. The van der Waals surface area contributed by atoms with Crippen molar-refractivity contribution in [2.75, 3.05) is 11.9 Å². The Morgan fingerprint density at radius 3 is 2.76 bits per heavy atom. The van der Waals surface area contributed by atoms with Crippen molar-refractivity contribution in [2.45, 2.75) is 18.6 Å². The molecular formula is C17H14Cl2N4O2. The average molecular weight is 377 g/mol. The van der Waals surface area contributed by atoms with Crippen molar-refractivity contribution in [1.82, 2.24) is 15.1 Å². The third kappa shape index (κ3) is 3.61. The van der Waals surface area contributed by atoms with Crippen LogP contribution in [0.3, 0.4) is 0 Å². The highest BCUT2D eigenvalue weighted by atomic mass is 35.5. The predicted molar refractivity (Wildman–Crippen MR) is 94.7 cm³/mol. The van der Waals surface area contributed by atoms with E-state index in [1.165, 1.54) is 0 Å². The number of pyridine rings is 1. The number of benzene rings is 1. The number of rotatable bonds is 4. The van der Waals surface area contributed by atoms with Gasteiger partial charge < -0.3 is 14.6 Å². The summed E-state index contributed by atoms with van der Waals surface area (Å²) >= 11 is 12.0. The zero-order valence-electron chi connectivity index (χ0n) is 13.0. The quantitative estimate of drug-likeness (QED) is 0.728. The van der Waals surface area contributed by atoms with Gasteiger partial charge in [-0.15, -0.1) is 0 Å². The molecule has 4 rings (SSSR count). The van der Waals surface area contributed by atoms with Gasteiger partial charge in [0.2, 0.25) is 5.82 Å². The number of halogens is 2. The molecule has 1 aromatic carbocycles. The SMILES string of the molecule is Clc1cc(Cl)cc(-c2noc(N[C@@H]3CCO[C@H]3c3cccnc3)n2)c1. The smallest absolute Gasteiger partial charge is 0.322 e. The molecule has 0 amide bonds. The number of hydrogen-bond acceptors (Lipinski definition) is 6. The molecule has 1 fully saturated rings. The van der Waals surface area contributed by atoms with Crippen LogP contribution in [0.25, 0.3) is 11.4 Å². The fourth-order valence-corrected chi connectivity index (χ4v) is 3.38. The Kier molecular flexibility index (Phi) is 4.57. The largest absolute Gasteiger partial charge is 0.371 e. The molecule has 25 heavy (non-hydrogen) atoms. The van der Waals surface area contributed by atoms with Crippen LogP contribution >= 0.6 is 23.2 Å². The summed E-state index contributed by atoms with van der Waals surface area (Å²) < 4.78 is 11.1. The monoisotopic (exact) mass is 376 g/mol. The van der Waals surface area contributed by atoms with Gasteiger partial charge >= 0.3 is 6.01 Å². The molecule has 3 aromatic rings. The Labute approximate surface area is 154 Å². The molecule has 1 saturated heterocycles. The molecule has 2 atom stereocenters. The van der Waals surface area contributed by atoms with E-state index in [1.807, 2.05) is 12.1 Å². The van der Waals surface area contributed by atoms with Gasteiger partial charge in [-0.2, -0.15) is 4.98 Å². The van der Waals surface area contributed by atoms with E-state index in [-0.39, 0.29) is 12.1 Å². The second-order valence-corrected chi connectivity index (χ2v) is 6.57. The summed E-state index contributed by atoms with van der Waals surface area (Å²) in [4.78, 5) is 8.52. The van der Waals surface area contributed by atoms with Crippen LogP contribution in [0.4, 0.5) is 6.01 Å². The first-order valence-electron chi connectivity index (χ1n) is 7.77. The number of nitrogens with zero attached hydrogens (tertiary/aromatic N) is 3. The number of hydrogen-bond donors (Lipinski definition) is 1. The summed E-state index contributed by atoms with van der Waals surface area (Å²) in [5.74, 6) is 0.420. The molecule has 2 aromatic heterocycles. The molecule has 0 radical (unpaired) electrons. The number of aromatic nitrogens is 3. The molecule has 0 spiro atoms. The Morgan fingerprint density at radius 2 is 2.00 bits per heavy atom. The Hall–Kier alpha value is -2.15. The summed E-state index contributed by atoms with van der Waals surface area (Å²) in [5.41, 5.74) is 1.71. The van der Waals surface area contributed by atoms with Crippen LogP contribution in [0.1, 0.15) is 18.1 Å². The van der Waals surface area contributed by atoms with Crippen LogP contribution in [0.5, 0.6) is 0 Å². The maximum atomic E-state index is 6.02. The predicted octanol–water partition coefficient (Wildman–Crippen LogP) is 4.38. The van der Waals surface area contributed by atoms with Gasteiger partial charge in [0.15, 0.2) is 0 Å². The van der Waals surface area contributed by atoms with E-state index in [4.69, 9.17) is 32.5 Å². The van der Waals surface area contributed by atoms with Crippen molar-refractivity contribution < 1.29 is 9.26 Å². The summed E-state index contributed by atoms with van der Waals surface area (Å²) in [6, 6.07) is 9.36. The van der Waals surface area contributed by atoms with Gasteiger partial charge in [0, 0.05) is 40.2 Å². The zero-order chi connectivity index (χ0) is 17.2. The number of ether oxygens (including phenoxy) is 1. The minimum absolute atomic E-state index is 0.0282. The Morgan fingerprint density at radius 1 is 1.16 bits per heavy atom. The lowest BCUT2D eigenvalue weighted by molar-refractivity contribution is 0.107. The van der Waals surface area contributed by atoms with Crippen LogP contribution in [0.2, 0.25) is 10.0 Å². The summed E-state index contributed by atoms with van der Waals surface area (Å²) in [5, 5.41) is 8.27. The van der Waals surface area contributed by atoms with E-state index in [0.29, 0.717) is 34.1 Å². The van der Waals surface area contributed by atoms with Gasteiger partial charge in [-0.05, 0) is 30.7 Å². The van der Waals surface area contributed by atoms with Crippen molar-refractivity contribution in [3.05, 3.63) is 58.3 Å². The molecule has 1 aliphatic heterocycles. The van der Waals surface area contributed by atoms with Gasteiger partial charge in [0.25, 0.3) is 0 Å². The van der Waals surface area contributed by atoms with E-state index < -0.39 is 0 Å². The maximum Gasteiger partial charge on any atom is 0.322 e. The summed E-state index contributed by atoms with van der Waals surface area (Å²) in [7, 11) is 0. The van der Waals surface area contributed by atoms with Crippen molar-refractivity contribution in [3.63, 3.8) is 0 Å². The minimum atomic E-state index is -0.107. The third-order valence-corrected chi connectivity index (χ3v) is 4.40. The van der Waals surface area contributed by atoms with Gasteiger partial charge in [-0.1, -0.05) is 34.4 Å². The molecule has 6 nitrogen and oxygen atoms in total. The zero-order valence-corrected chi connectivity index (χ0v) is 14.5. The van der Waals surface area contributed by atoms with Gasteiger partial charge in [-0.25, -0.2) is 0 Å². The van der Waals surface area contributed by atoms with Crippen LogP contribution in [0.15, 0.2) is 47.2 Å². The van der Waals surface area contributed by atoms with Crippen LogP contribution in [-0.2, 0) is 4.74 Å². The van der Waals surface area contributed by atoms with Crippen molar-refractivity contribution >= 4 is 29.2 Å². The highest BCUT2D eigenvalue weighted by molar-refractivity contribution is 6.35. The fourth-order valence-electron chi connectivity index (χ4n) is 2.85. The van der Waals surface area contributed by atoms with E-state index in [9.17, 15) is 0 Å². The molecule has 0 saturated carbocycles. The molecule has 0 aliphatic carbocycles. The van der Waals surface area contributed by atoms with Gasteiger partial charge in [0.1, 0.15) is 6.10 Å². The number of anilines is 1. The summed E-state index contributed by atoms with van der Waals surface area (Å²) in [6.07, 6.45) is 4.27. The second kappa shape index (κ2) is 7.00. The second-order valence-electron chi connectivity index (χ2n) is 5.70. The van der Waals surface area contributed by atoms with Crippen LogP contribution in [-0.4, -0.2) is 27.8 Å². The lowest BCUT2D eigenvalue weighted by Crippen LogP contribution is -2.23. The Bertz CT molecular complexity index is 852. The molecule has 1 aliphatic rings. The van der Waals surface area contributed by atoms with Crippen molar-refractivity contribution in [2.24, 2.45) is 0 Å². The highest BCUT2D eigenvalue weighted by Gasteiger charge is 2.31. The van der Waals surface area contributed by atoms with E-state index in [0.717, 1.165) is 12.0 Å². The maximum absolute atomic E-state index is 6.02. The normalized spacial score (nSPS) is 19.9. The van der Waals surface area contributed by atoms with Crippen molar-refractivity contribution in [3.8, 4) is 11.4 Å². The van der Waals surface area contributed by atoms with Crippen LogP contribution in [0, 0.1) is 0 Å². The molecule has 128 valence electrons. The fraction of sp³-hybridized carbons (Fsp3) is 0.235. The first-order chi connectivity index (χ1) is 12.2. The standard InChI is InChI=1S/C17H14Cl2N4O2/c18-12-6-11(7-13(19)8-12)16-22-17(25-23-16)21-14-3-5-24-15(14)10-2-1-4-20-9-10/h1-2,4,6-9,14-15H,3,5H2,(H,21,22,23)/t14-,15+/m1/s1. The van der Waals surface area contributed by atoms with Crippen molar-refractivity contribution in [1.29, 1.82) is 0 Å². The first kappa shape index (κ1) is 16.3. The topological polar surface area (TPSA) is 73.1 Å². The molecular weight excluding hydrogens is 363 g/mol. The molecule has 3 heterocycles. The minimum Gasteiger partial charge on any atom is -0.371 e. The van der Waals surface area contributed by atoms with E-state index in [1.54, 1.807) is 30.6 Å². The van der Waals surface area contributed by atoms with E-state index in [2.05, 4.69) is 20.4 Å². The first-order valence-corrected chi connectivity index (χ1v) is 8.53. The van der Waals surface area contributed by atoms with Gasteiger partial charge in [0.05, 0.1) is 6.04 Å². The van der Waals surface area contributed by atoms with Gasteiger partial charge in [-0.3, -0.25) is 4.98 Å².